The number of rotatable bonds is 7. The van der Waals surface area contributed by atoms with Crippen molar-refractivity contribution in [2.75, 3.05) is 26.1 Å². The molecule has 5 nitrogen and oxygen atoms in total. The van der Waals surface area contributed by atoms with Gasteiger partial charge in [-0.05, 0) is 7.05 Å². The van der Waals surface area contributed by atoms with Gasteiger partial charge in [-0.1, -0.05) is 0 Å². The van der Waals surface area contributed by atoms with E-state index in [0.29, 0.717) is 6.61 Å². The number of methoxy groups -OCH3 is 1. The van der Waals surface area contributed by atoms with Crippen molar-refractivity contribution in [2.45, 2.75) is 19.7 Å². The Morgan fingerprint density at radius 3 is 2.95 bits per heavy atom. The molecule has 1 N–H and O–H groups in total. The van der Waals surface area contributed by atoms with E-state index in [1.54, 1.807) is 29.8 Å². The highest BCUT2D eigenvalue weighted by Gasteiger charge is 2.14. The molecule has 0 saturated heterocycles. The Bertz CT molecular complexity index is 474. The summed E-state index contributed by atoms with van der Waals surface area (Å²) in [6, 6.07) is 0. The van der Waals surface area contributed by atoms with Crippen LogP contribution in [0.5, 0.6) is 0 Å². The Hall–Kier alpha value is -1.02. The van der Waals surface area contributed by atoms with E-state index >= 15 is 0 Å². The van der Waals surface area contributed by atoms with E-state index in [1.807, 2.05) is 19.6 Å². The largest absolute Gasteiger partial charge is 0.378 e. The van der Waals surface area contributed by atoms with Crippen molar-refractivity contribution in [1.82, 2.24) is 15.3 Å². The van der Waals surface area contributed by atoms with E-state index in [1.165, 1.54) is 4.88 Å². The topological polar surface area (TPSA) is 50.3 Å². The van der Waals surface area contributed by atoms with Crippen LogP contribution in [-0.2, 0) is 24.4 Å². The van der Waals surface area contributed by atoms with Gasteiger partial charge in [-0.25, -0.2) is 9.97 Å². The summed E-state index contributed by atoms with van der Waals surface area (Å²) in [7, 11) is 5.67. The van der Waals surface area contributed by atoms with Crippen LogP contribution in [0.1, 0.15) is 16.3 Å². The summed E-state index contributed by atoms with van der Waals surface area (Å²) in [5, 5.41) is 6.24. The summed E-state index contributed by atoms with van der Waals surface area (Å²) >= 11 is 3.32. The van der Waals surface area contributed by atoms with Gasteiger partial charge in [0.1, 0.15) is 0 Å². The molecule has 0 unspecified atom stereocenters. The molecule has 0 aliphatic carbocycles. The lowest BCUT2D eigenvalue weighted by Gasteiger charge is -2.13. The van der Waals surface area contributed by atoms with Crippen molar-refractivity contribution < 1.29 is 4.74 Å². The van der Waals surface area contributed by atoms with Gasteiger partial charge in [-0.3, -0.25) is 0 Å². The maximum Gasteiger partial charge on any atom is 0.186 e. The van der Waals surface area contributed by atoms with Crippen LogP contribution in [0.25, 0.3) is 0 Å². The second-order valence-corrected chi connectivity index (χ2v) is 5.95. The third-order valence-electron chi connectivity index (χ3n) is 2.59. The van der Waals surface area contributed by atoms with Gasteiger partial charge < -0.3 is 15.0 Å². The zero-order chi connectivity index (χ0) is 13.7. The third kappa shape index (κ3) is 3.73. The van der Waals surface area contributed by atoms with Crippen LogP contribution in [0.3, 0.4) is 0 Å². The fourth-order valence-corrected chi connectivity index (χ4v) is 3.29. The Morgan fingerprint density at radius 1 is 1.47 bits per heavy atom. The lowest BCUT2D eigenvalue weighted by Crippen LogP contribution is -2.16. The first kappa shape index (κ1) is 14.4. The number of hydrogen-bond donors (Lipinski definition) is 1. The van der Waals surface area contributed by atoms with E-state index in [2.05, 4.69) is 25.6 Å². The van der Waals surface area contributed by atoms with Crippen LogP contribution in [-0.4, -0.2) is 31.2 Å². The zero-order valence-electron chi connectivity index (χ0n) is 11.3. The SMILES string of the molecule is CNCc1sc(N(C)Cc2cscn2)nc1COC. The minimum Gasteiger partial charge on any atom is -0.378 e. The van der Waals surface area contributed by atoms with Crippen LogP contribution < -0.4 is 10.2 Å². The molecule has 2 aromatic heterocycles. The summed E-state index contributed by atoms with van der Waals surface area (Å²) in [5.74, 6) is 0. The standard InChI is InChI=1S/C12H18N4OS2/c1-13-4-11-10(6-17-3)15-12(19-11)16(2)5-9-7-18-8-14-9/h7-8,13H,4-6H2,1-3H3. The molecule has 0 fully saturated rings. The van der Waals surface area contributed by atoms with Gasteiger partial charge in [0.25, 0.3) is 0 Å². The molecule has 104 valence electrons. The molecule has 19 heavy (non-hydrogen) atoms. The summed E-state index contributed by atoms with van der Waals surface area (Å²) in [4.78, 5) is 12.3. The highest BCUT2D eigenvalue weighted by molar-refractivity contribution is 7.15. The first-order chi connectivity index (χ1) is 9.24. The van der Waals surface area contributed by atoms with Crippen molar-refractivity contribution >= 4 is 27.8 Å². The number of ether oxygens (including phenoxy) is 1. The molecule has 0 atom stereocenters. The molecule has 2 heterocycles. The van der Waals surface area contributed by atoms with Gasteiger partial charge in [0.2, 0.25) is 0 Å². The average molecular weight is 298 g/mol. The molecule has 7 heteroatoms. The summed E-state index contributed by atoms with van der Waals surface area (Å²) < 4.78 is 5.20. The molecular weight excluding hydrogens is 280 g/mol. The summed E-state index contributed by atoms with van der Waals surface area (Å²) in [5.41, 5.74) is 3.95. The minimum absolute atomic E-state index is 0.554. The predicted octanol–water partition coefficient (Wildman–Crippen LogP) is 2.10. The van der Waals surface area contributed by atoms with Crippen molar-refractivity contribution in [3.63, 3.8) is 0 Å². The fraction of sp³-hybridized carbons (Fsp3) is 0.500. The highest BCUT2D eigenvalue weighted by Crippen LogP contribution is 2.27. The molecule has 0 saturated carbocycles. The molecule has 2 aromatic rings. The number of anilines is 1. The lowest BCUT2D eigenvalue weighted by atomic mass is 10.4. The third-order valence-corrected chi connectivity index (χ3v) is 4.44. The van der Waals surface area contributed by atoms with Gasteiger partial charge in [0.15, 0.2) is 5.13 Å². The van der Waals surface area contributed by atoms with Gasteiger partial charge in [-0.2, -0.15) is 0 Å². The van der Waals surface area contributed by atoms with Crippen molar-refractivity contribution in [3.05, 3.63) is 27.2 Å². The Balaban J connectivity index is 2.12. The minimum atomic E-state index is 0.554. The van der Waals surface area contributed by atoms with Gasteiger partial charge >= 0.3 is 0 Å². The number of nitrogens with one attached hydrogen (secondary N) is 1. The smallest absolute Gasteiger partial charge is 0.186 e. The Morgan fingerprint density at radius 2 is 2.32 bits per heavy atom. The van der Waals surface area contributed by atoms with Crippen LogP contribution in [0.2, 0.25) is 0 Å². The average Bonchev–Trinajstić information content (AvgIpc) is 3.01. The second kappa shape index (κ2) is 6.95. The highest BCUT2D eigenvalue weighted by atomic mass is 32.1. The number of aromatic nitrogens is 2. The molecule has 0 aliphatic heterocycles. The maximum absolute atomic E-state index is 5.20. The van der Waals surface area contributed by atoms with Gasteiger partial charge in [0.05, 0.1) is 30.1 Å². The monoisotopic (exact) mass is 298 g/mol. The van der Waals surface area contributed by atoms with E-state index in [-0.39, 0.29) is 0 Å². The van der Waals surface area contributed by atoms with Gasteiger partial charge in [0, 0.05) is 31.0 Å². The fourth-order valence-electron chi connectivity index (χ4n) is 1.71. The summed E-state index contributed by atoms with van der Waals surface area (Å²) in [6.07, 6.45) is 0. The molecule has 0 bridgehead atoms. The number of hydrogen-bond acceptors (Lipinski definition) is 7. The number of nitrogens with zero attached hydrogens (tertiary/aromatic N) is 3. The Labute approximate surface area is 121 Å². The van der Waals surface area contributed by atoms with Crippen LogP contribution in [0, 0.1) is 0 Å². The zero-order valence-corrected chi connectivity index (χ0v) is 13.0. The second-order valence-electron chi connectivity index (χ2n) is 4.17. The van der Waals surface area contributed by atoms with Crippen molar-refractivity contribution in [2.24, 2.45) is 0 Å². The van der Waals surface area contributed by atoms with Crippen molar-refractivity contribution in [1.29, 1.82) is 0 Å². The molecule has 0 amide bonds. The molecular formula is C12H18N4OS2. The Kier molecular flexibility index (Phi) is 5.26. The van der Waals surface area contributed by atoms with Crippen LogP contribution in [0.15, 0.2) is 10.9 Å². The predicted molar refractivity (Wildman–Crippen MR) is 79.8 cm³/mol. The molecule has 0 radical (unpaired) electrons. The first-order valence-electron chi connectivity index (χ1n) is 5.95. The number of thiazole rings is 2. The van der Waals surface area contributed by atoms with Gasteiger partial charge in [-0.15, -0.1) is 22.7 Å². The maximum atomic E-state index is 5.20. The van der Waals surface area contributed by atoms with E-state index in [4.69, 9.17) is 4.74 Å². The van der Waals surface area contributed by atoms with Crippen LogP contribution in [0.4, 0.5) is 5.13 Å². The van der Waals surface area contributed by atoms with Crippen LogP contribution >= 0.6 is 22.7 Å². The molecule has 2 rings (SSSR count). The lowest BCUT2D eigenvalue weighted by molar-refractivity contribution is 0.181. The first-order valence-corrected chi connectivity index (χ1v) is 7.70. The molecule has 0 spiro atoms. The quantitative estimate of drug-likeness (QED) is 0.848. The summed E-state index contributed by atoms with van der Waals surface area (Å²) in [6.45, 7) is 2.15. The normalized spacial score (nSPS) is 10.9. The van der Waals surface area contributed by atoms with E-state index in [9.17, 15) is 0 Å². The van der Waals surface area contributed by atoms with E-state index in [0.717, 1.165) is 29.6 Å². The molecule has 0 aromatic carbocycles. The van der Waals surface area contributed by atoms with Crippen molar-refractivity contribution in [3.8, 4) is 0 Å². The van der Waals surface area contributed by atoms with E-state index < -0.39 is 0 Å². The molecule has 0 aliphatic rings.